The number of nitrogens with zero attached hydrogens (tertiary/aromatic N) is 1. The third kappa shape index (κ3) is 2.90. The number of hydrogen-bond acceptors (Lipinski definition) is 2. The van der Waals surface area contributed by atoms with Crippen LogP contribution < -0.4 is 5.32 Å². The standard InChI is InChI=1S/C19H26N2O/c1-13(2)12-21-18-7-5-4-6-16(18)17-10-15(8-9-19(17)21)20-11-14(3)22/h8-10,13,20H,4-7,11-12H2,1-3H3. The Morgan fingerprint density at radius 3 is 2.77 bits per heavy atom. The van der Waals surface area contributed by atoms with Gasteiger partial charge in [-0.05, 0) is 62.3 Å². The zero-order valence-electron chi connectivity index (χ0n) is 13.9. The summed E-state index contributed by atoms with van der Waals surface area (Å²) < 4.78 is 2.53. The highest BCUT2D eigenvalue weighted by Gasteiger charge is 2.20. The van der Waals surface area contributed by atoms with Crippen LogP contribution in [0.5, 0.6) is 0 Å². The van der Waals surface area contributed by atoms with E-state index in [0.29, 0.717) is 12.5 Å². The summed E-state index contributed by atoms with van der Waals surface area (Å²) in [6, 6.07) is 6.56. The normalized spacial score (nSPS) is 14.4. The molecular formula is C19H26N2O. The van der Waals surface area contributed by atoms with Gasteiger partial charge in [-0.25, -0.2) is 0 Å². The molecule has 1 aromatic carbocycles. The molecule has 0 unspecified atom stereocenters. The average Bonchev–Trinajstić information content (AvgIpc) is 2.79. The summed E-state index contributed by atoms with van der Waals surface area (Å²) in [5.74, 6) is 0.816. The first-order valence-electron chi connectivity index (χ1n) is 8.43. The Hall–Kier alpha value is -1.77. The molecule has 0 fully saturated rings. The summed E-state index contributed by atoms with van der Waals surface area (Å²) in [4.78, 5) is 11.2. The number of benzene rings is 1. The Bertz CT molecular complexity index is 697. The maximum atomic E-state index is 11.2. The quantitative estimate of drug-likeness (QED) is 0.898. The highest BCUT2D eigenvalue weighted by Crippen LogP contribution is 2.34. The highest BCUT2D eigenvalue weighted by molar-refractivity contribution is 5.89. The molecule has 3 nitrogen and oxygen atoms in total. The fraction of sp³-hybridized carbons (Fsp3) is 0.526. The van der Waals surface area contributed by atoms with Crippen LogP contribution in [0, 0.1) is 5.92 Å². The Morgan fingerprint density at radius 1 is 1.27 bits per heavy atom. The Morgan fingerprint density at radius 2 is 2.05 bits per heavy atom. The maximum Gasteiger partial charge on any atom is 0.148 e. The minimum Gasteiger partial charge on any atom is -0.378 e. The SMILES string of the molecule is CC(=O)CNc1ccc2c(c1)c1c(n2CC(C)C)CCCC1. The van der Waals surface area contributed by atoms with Gasteiger partial charge in [0.2, 0.25) is 0 Å². The van der Waals surface area contributed by atoms with Crippen LogP contribution in [0.25, 0.3) is 10.9 Å². The Kier molecular flexibility index (Phi) is 4.23. The zero-order valence-corrected chi connectivity index (χ0v) is 13.9. The summed E-state index contributed by atoms with van der Waals surface area (Å²) in [7, 11) is 0. The molecule has 0 amide bonds. The van der Waals surface area contributed by atoms with Gasteiger partial charge in [0, 0.05) is 28.8 Å². The van der Waals surface area contributed by atoms with Gasteiger partial charge < -0.3 is 9.88 Å². The lowest BCUT2D eigenvalue weighted by molar-refractivity contribution is -0.115. The van der Waals surface area contributed by atoms with Gasteiger partial charge in [-0.2, -0.15) is 0 Å². The molecule has 1 N–H and O–H groups in total. The minimum atomic E-state index is 0.166. The average molecular weight is 298 g/mol. The van der Waals surface area contributed by atoms with Gasteiger partial charge in [-0.3, -0.25) is 4.79 Å². The molecular weight excluding hydrogens is 272 g/mol. The molecule has 118 valence electrons. The summed E-state index contributed by atoms with van der Waals surface area (Å²) in [5.41, 5.74) is 5.48. The van der Waals surface area contributed by atoms with Gasteiger partial charge in [0.05, 0.1) is 6.54 Å². The second kappa shape index (κ2) is 6.15. The fourth-order valence-electron chi connectivity index (χ4n) is 3.55. The van der Waals surface area contributed by atoms with Crippen LogP contribution in [0.15, 0.2) is 18.2 Å². The molecule has 0 saturated carbocycles. The molecule has 1 aliphatic rings. The molecule has 3 rings (SSSR count). The molecule has 1 aromatic heterocycles. The molecule has 0 bridgehead atoms. The predicted octanol–water partition coefficient (Wildman–Crippen LogP) is 4.18. The molecule has 1 aliphatic carbocycles. The number of carbonyl (C=O) groups is 1. The van der Waals surface area contributed by atoms with Crippen molar-refractivity contribution in [1.29, 1.82) is 0 Å². The van der Waals surface area contributed by atoms with Gasteiger partial charge >= 0.3 is 0 Å². The molecule has 3 heteroatoms. The largest absolute Gasteiger partial charge is 0.378 e. The van der Waals surface area contributed by atoms with Gasteiger partial charge in [0.1, 0.15) is 5.78 Å². The van der Waals surface area contributed by atoms with Crippen LogP contribution in [0.4, 0.5) is 5.69 Å². The van der Waals surface area contributed by atoms with Crippen molar-refractivity contribution < 1.29 is 4.79 Å². The molecule has 0 radical (unpaired) electrons. The van der Waals surface area contributed by atoms with Crippen molar-refractivity contribution in [3.8, 4) is 0 Å². The minimum absolute atomic E-state index is 0.166. The molecule has 0 saturated heterocycles. The van der Waals surface area contributed by atoms with Crippen molar-refractivity contribution in [2.45, 2.75) is 53.0 Å². The van der Waals surface area contributed by atoms with Crippen LogP contribution in [0.3, 0.4) is 0 Å². The third-order valence-electron chi connectivity index (χ3n) is 4.47. The zero-order chi connectivity index (χ0) is 15.7. The van der Waals surface area contributed by atoms with E-state index in [1.54, 1.807) is 12.6 Å². The van der Waals surface area contributed by atoms with Crippen LogP contribution in [-0.2, 0) is 24.2 Å². The second-order valence-electron chi connectivity index (χ2n) is 6.92. The van der Waals surface area contributed by atoms with E-state index < -0.39 is 0 Å². The van der Waals surface area contributed by atoms with E-state index in [1.807, 2.05) is 0 Å². The number of anilines is 1. The van der Waals surface area contributed by atoms with Crippen LogP contribution in [0.2, 0.25) is 0 Å². The number of Topliss-reactive ketones (excluding diaryl/α,β-unsaturated/α-hetero) is 1. The summed E-state index contributed by atoms with van der Waals surface area (Å²) >= 11 is 0. The number of nitrogens with one attached hydrogen (secondary N) is 1. The number of hydrogen-bond donors (Lipinski definition) is 1. The fourth-order valence-corrected chi connectivity index (χ4v) is 3.55. The maximum absolute atomic E-state index is 11.2. The summed E-state index contributed by atoms with van der Waals surface area (Å²) in [6.07, 6.45) is 4.98. The molecule has 0 aliphatic heterocycles. The third-order valence-corrected chi connectivity index (χ3v) is 4.47. The monoisotopic (exact) mass is 298 g/mol. The van der Waals surface area contributed by atoms with E-state index in [4.69, 9.17) is 0 Å². The smallest absolute Gasteiger partial charge is 0.148 e. The van der Waals surface area contributed by atoms with E-state index in [9.17, 15) is 4.79 Å². The van der Waals surface area contributed by atoms with Gasteiger partial charge in [-0.1, -0.05) is 13.8 Å². The first-order valence-corrected chi connectivity index (χ1v) is 8.43. The molecule has 2 aromatic rings. The van der Waals surface area contributed by atoms with Crippen molar-refractivity contribution in [1.82, 2.24) is 4.57 Å². The lowest BCUT2D eigenvalue weighted by atomic mass is 9.95. The topological polar surface area (TPSA) is 34.0 Å². The number of fused-ring (bicyclic) bond motifs is 3. The van der Waals surface area contributed by atoms with Crippen molar-refractivity contribution in [2.75, 3.05) is 11.9 Å². The molecule has 0 spiro atoms. The van der Waals surface area contributed by atoms with Crippen LogP contribution in [0.1, 0.15) is 44.9 Å². The number of rotatable bonds is 5. The first kappa shape index (κ1) is 15.1. The summed E-state index contributed by atoms with van der Waals surface area (Å²) in [6.45, 7) is 7.67. The number of aromatic nitrogens is 1. The van der Waals surface area contributed by atoms with Crippen molar-refractivity contribution >= 4 is 22.4 Å². The molecule has 1 heterocycles. The van der Waals surface area contributed by atoms with Gasteiger partial charge in [0.15, 0.2) is 0 Å². The number of ketones is 1. The Labute approximate surface area is 132 Å². The summed E-state index contributed by atoms with van der Waals surface area (Å²) in [5, 5.41) is 4.61. The Balaban J connectivity index is 2.05. The van der Waals surface area contributed by atoms with E-state index in [0.717, 1.165) is 12.2 Å². The first-order chi connectivity index (χ1) is 10.6. The second-order valence-corrected chi connectivity index (χ2v) is 6.92. The number of aryl methyl sites for hydroxylation is 1. The predicted molar refractivity (Wildman–Crippen MR) is 92.6 cm³/mol. The van der Waals surface area contributed by atoms with E-state index in [2.05, 4.69) is 41.9 Å². The van der Waals surface area contributed by atoms with Crippen LogP contribution >= 0.6 is 0 Å². The molecule has 22 heavy (non-hydrogen) atoms. The van der Waals surface area contributed by atoms with Gasteiger partial charge in [-0.15, -0.1) is 0 Å². The lowest BCUT2D eigenvalue weighted by Gasteiger charge is -2.17. The van der Waals surface area contributed by atoms with Crippen molar-refractivity contribution in [3.05, 3.63) is 29.5 Å². The van der Waals surface area contributed by atoms with Gasteiger partial charge in [0.25, 0.3) is 0 Å². The highest BCUT2D eigenvalue weighted by atomic mass is 16.1. The van der Waals surface area contributed by atoms with E-state index in [1.165, 1.54) is 42.1 Å². The number of carbonyl (C=O) groups excluding carboxylic acids is 1. The van der Waals surface area contributed by atoms with Crippen molar-refractivity contribution in [2.24, 2.45) is 5.92 Å². The molecule has 0 atom stereocenters. The van der Waals surface area contributed by atoms with E-state index in [-0.39, 0.29) is 5.78 Å². The van der Waals surface area contributed by atoms with Crippen LogP contribution in [-0.4, -0.2) is 16.9 Å². The van der Waals surface area contributed by atoms with Crippen molar-refractivity contribution in [3.63, 3.8) is 0 Å². The lowest BCUT2D eigenvalue weighted by Crippen LogP contribution is -2.11. The van der Waals surface area contributed by atoms with E-state index >= 15 is 0 Å².